The van der Waals surface area contributed by atoms with E-state index in [1.807, 2.05) is 0 Å². The first-order chi connectivity index (χ1) is 11.5. The van der Waals surface area contributed by atoms with Crippen LogP contribution >= 0.6 is 11.6 Å². The molecule has 0 saturated carbocycles. The zero-order valence-electron chi connectivity index (χ0n) is 13.6. The second kappa shape index (κ2) is 7.17. The van der Waals surface area contributed by atoms with Crippen molar-refractivity contribution < 1.29 is 9.59 Å². The molecule has 3 rings (SSSR count). The van der Waals surface area contributed by atoms with E-state index in [9.17, 15) is 9.59 Å². The number of likely N-dealkylation sites (tertiary alicyclic amines) is 1. The van der Waals surface area contributed by atoms with Crippen molar-refractivity contribution in [3.8, 4) is 0 Å². The highest BCUT2D eigenvalue weighted by molar-refractivity contribution is 6.30. The zero-order chi connectivity index (χ0) is 17.1. The average Bonchev–Trinajstić information content (AvgIpc) is 3.20. The molecule has 1 fully saturated rings. The molecule has 1 aliphatic heterocycles. The monoisotopic (exact) mass is 349 g/mol. The van der Waals surface area contributed by atoms with Gasteiger partial charge in [-0.15, -0.1) is 0 Å². The number of Topliss-reactive ketones (excluding diaryl/α,β-unsaturated/α-hetero) is 1. The average molecular weight is 350 g/mol. The molecule has 0 spiro atoms. The number of aromatic nitrogens is 4. The lowest BCUT2D eigenvalue weighted by molar-refractivity contribution is -0.132. The number of imidazole rings is 1. The smallest absolute Gasteiger partial charge is 0.224 e. The van der Waals surface area contributed by atoms with Crippen molar-refractivity contribution in [1.29, 1.82) is 0 Å². The van der Waals surface area contributed by atoms with E-state index in [0.29, 0.717) is 36.9 Å². The predicted octanol–water partition coefficient (Wildman–Crippen LogP) is 1.78. The molecule has 1 atom stereocenters. The van der Waals surface area contributed by atoms with Gasteiger partial charge in [-0.3, -0.25) is 14.3 Å². The lowest BCUT2D eigenvalue weighted by atomic mass is 9.93. The maximum absolute atomic E-state index is 12.6. The van der Waals surface area contributed by atoms with E-state index in [0.717, 1.165) is 12.8 Å². The van der Waals surface area contributed by atoms with Crippen LogP contribution in [0.25, 0.3) is 0 Å². The Morgan fingerprint density at radius 1 is 1.42 bits per heavy atom. The topological polar surface area (TPSA) is 73.0 Å². The standard InChI is InChI=1S/C16H20ClN5O2/c1-20-8-5-18-16(20)15(24)12-3-2-6-21(10-12)14(23)4-7-22-11-13(17)9-19-22/h5,8-9,11-12H,2-4,6-7,10H2,1H3. The highest BCUT2D eigenvalue weighted by atomic mass is 35.5. The first kappa shape index (κ1) is 16.7. The minimum absolute atomic E-state index is 0.0128. The van der Waals surface area contributed by atoms with E-state index in [1.54, 1.807) is 46.0 Å². The number of halogens is 1. The molecule has 1 aliphatic rings. The fraction of sp³-hybridized carbons (Fsp3) is 0.500. The van der Waals surface area contributed by atoms with Crippen molar-refractivity contribution in [3.63, 3.8) is 0 Å². The Labute approximate surface area is 145 Å². The van der Waals surface area contributed by atoms with Crippen LogP contribution in [0.4, 0.5) is 0 Å². The molecule has 3 heterocycles. The van der Waals surface area contributed by atoms with Crippen molar-refractivity contribution in [2.75, 3.05) is 13.1 Å². The SMILES string of the molecule is Cn1ccnc1C(=O)C1CCCN(C(=O)CCn2cc(Cl)cn2)C1. The summed E-state index contributed by atoms with van der Waals surface area (Å²) in [6.07, 6.45) is 8.60. The number of hydrogen-bond donors (Lipinski definition) is 0. The summed E-state index contributed by atoms with van der Waals surface area (Å²) in [4.78, 5) is 30.9. The zero-order valence-corrected chi connectivity index (χ0v) is 14.3. The number of hydrogen-bond acceptors (Lipinski definition) is 4. The summed E-state index contributed by atoms with van der Waals surface area (Å²) >= 11 is 5.82. The van der Waals surface area contributed by atoms with Crippen molar-refractivity contribution in [1.82, 2.24) is 24.2 Å². The molecule has 1 unspecified atom stereocenters. The number of nitrogens with zero attached hydrogens (tertiary/aromatic N) is 5. The normalized spacial score (nSPS) is 17.9. The van der Waals surface area contributed by atoms with Gasteiger partial charge in [0.25, 0.3) is 0 Å². The predicted molar refractivity (Wildman–Crippen MR) is 88.7 cm³/mol. The van der Waals surface area contributed by atoms with Gasteiger partial charge >= 0.3 is 0 Å². The molecule has 0 N–H and O–H groups in total. The summed E-state index contributed by atoms with van der Waals surface area (Å²) in [5.41, 5.74) is 0. The van der Waals surface area contributed by atoms with E-state index in [2.05, 4.69) is 10.1 Å². The lowest BCUT2D eigenvalue weighted by Crippen LogP contribution is -2.43. The van der Waals surface area contributed by atoms with Crippen LogP contribution in [0, 0.1) is 5.92 Å². The van der Waals surface area contributed by atoms with E-state index < -0.39 is 0 Å². The largest absolute Gasteiger partial charge is 0.342 e. The van der Waals surface area contributed by atoms with E-state index in [1.165, 1.54) is 0 Å². The molecule has 2 aromatic rings. The van der Waals surface area contributed by atoms with Gasteiger partial charge in [-0.2, -0.15) is 5.10 Å². The second-order valence-electron chi connectivity index (χ2n) is 6.08. The fourth-order valence-electron chi connectivity index (χ4n) is 3.03. The summed E-state index contributed by atoms with van der Waals surface area (Å²) in [5, 5.41) is 4.62. The van der Waals surface area contributed by atoms with Gasteiger partial charge in [0, 0.05) is 57.6 Å². The summed E-state index contributed by atoms with van der Waals surface area (Å²) in [6.45, 7) is 1.65. The van der Waals surface area contributed by atoms with Crippen LogP contribution in [0.1, 0.15) is 29.9 Å². The third kappa shape index (κ3) is 3.67. The van der Waals surface area contributed by atoms with Gasteiger partial charge in [-0.05, 0) is 12.8 Å². The van der Waals surface area contributed by atoms with E-state index in [-0.39, 0.29) is 17.6 Å². The molecule has 0 aromatic carbocycles. The third-order valence-electron chi connectivity index (χ3n) is 4.34. The van der Waals surface area contributed by atoms with Crippen molar-refractivity contribution in [2.45, 2.75) is 25.8 Å². The molecule has 0 radical (unpaired) electrons. The van der Waals surface area contributed by atoms with Crippen LogP contribution < -0.4 is 0 Å². The van der Waals surface area contributed by atoms with Crippen LogP contribution in [0.3, 0.4) is 0 Å². The molecule has 128 valence electrons. The number of carbonyl (C=O) groups is 2. The number of rotatable bonds is 5. The van der Waals surface area contributed by atoms with Gasteiger partial charge in [-0.1, -0.05) is 11.6 Å². The highest BCUT2D eigenvalue weighted by Gasteiger charge is 2.30. The Hall–Kier alpha value is -2.15. The number of aryl methyl sites for hydroxylation is 2. The van der Waals surface area contributed by atoms with Crippen molar-refractivity contribution in [2.24, 2.45) is 13.0 Å². The molecule has 24 heavy (non-hydrogen) atoms. The van der Waals surface area contributed by atoms with Crippen molar-refractivity contribution in [3.05, 3.63) is 35.6 Å². The Morgan fingerprint density at radius 2 is 2.25 bits per heavy atom. The first-order valence-electron chi connectivity index (χ1n) is 8.02. The molecular formula is C16H20ClN5O2. The van der Waals surface area contributed by atoms with Gasteiger partial charge < -0.3 is 9.47 Å². The summed E-state index contributed by atoms with van der Waals surface area (Å²) in [6, 6.07) is 0. The summed E-state index contributed by atoms with van der Waals surface area (Å²) in [7, 11) is 1.81. The summed E-state index contributed by atoms with van der Waals surface area (Å²) in [5.74, 6) is 0.334. The highest BCUT2D eigenvalue weighted by Crippen LogP contribution is 2.21. The van der Waals surface area contributed by atoms with Crippen LogP contribution in [-0.4, -0.2) is 49.0 Å². The summed E-state index contributed by atoms with van der Waals surface area (Å²) < 4.78 is 3.38. The van der Waals surface area contributed by atoms with Crippen molar-refractivity contribution >= 4 is 23.3 Å². The molecule has 0 aliphatic carbocycles. The number of carbonyl (C=O) groups excluding carboxylic acids is 2. The third-order valence-corrected chi connectivity index (χ3v) is 4.54. The van der Waals surface area contributed by atoms with Gasteiger partial charge in [0.1, 0.15) is 0 Å². The lowest BCUT2D eigenvalue weighted by Gasteiger charge is -2.32. The number of piperidine rings is 1. The number of amides is 1. The van der Waals surface area contributed by atoms with Gasteiger partial charge in [0.2, 0.25) is 11.7 Å². The molecule has 1 amide bonds. The molecular weight excluding hydrogens is 330 g/mol. The van der Waals surface area contributed by atoms with Crippen LogP contribution in [0.2, 0.25) is 5.02 Å². The Bertz CT molecular complexity index is 738. The van der Waals surface area contributed by atoms with Crippen LogP contribution in [-0.2, 0) is 18.4 Å². The van der Waals surface area contributed by atoms with E-state index >= 15 is 0 Å². The molecule has 8 heteroatoms. The van der Waals surface area contributed by atoms with Gasteiger partial charge in [0.15, 0.2) is 5.82 Å². The first-order valence-corrected chi connectivity index (χ1v) is 8.39. The maximum atomic E-state index is 12.6. The quantitative estimate of drug-likeness (QED) is 0.771. The second-order valence-corrected chi connectivity index (χ2v) is 6.51. The number of ketones is 1. The minimum Gasteiger partial charge on any atom is -0.342 e. The van der Waals surface area contributed by atoms with Crippen LogP contribution in [0.15, 0.2) is 24.8 Å². The van der Waals surface area contributed by atoms with Crippen LogP contribution in [0.5, 0.6) is 0 Å². The maximum Gasteiger partial charge on any atom is 0.224 e. The fourth-order valence-corrected chi connectivity index (χ4v) is 3.19. The Balaban J connectivity index is 1.57. The Morgan fingerprint density at radius 3 is 2.92 bits per heavy atom. The minimum atomic E-state index is -0.178. The molecule has 2 aromatic heterocycles. The van der Waals surface area contributed by atoms with Gasteiger partial charge in [0.05, 0.1) is 11.2 Å². The Kier molecular flexibility index (Phi) is 4.99. The molecule has 1 saturated heterocycles. The molecule has 0 bridgehead atoms. The molecule has 7 nitrogen and oxygen atoms in total. The van der Waals surface area contributed by atoms with E-state index in [4.69, 9.17) is 11.6 Å². The van der Waals surface area contributed by atoms with Gasteiger partial charge in [-0.25, -0.2) is 4.98 Å².